The fourth-order valence-corrected chi connectivity index (χ4v) is 2.17. The van der Waals surface area contributed by atoms with Crippen molar-refractivity contribution in [3.63, 3.8) is 0 Å². The third kappa shape index (κ3) is 2.56. The van der Waals surface area contributed by atoms with Gasteiger partial charge in [-0.2, -0.15) is 0 Å². The van der Waals surface area contributed by atoms with Gasteiger partial charge in [0.2, 0.25) is 0 Å². The van der Waals surface area contributed by atoms with Gasteiger partial charge in [0.05, 0.1) is 5.56 Å². The van der Waals surface area contributed by atoms with Gasteiger partial charge in [0.25, 0.3) is 0 Å². The predicted octanol–water partition coefficient (Wildman–Crippen LogP) is 1.56. The summed E-state index contributed by atoms with van der Waals surface area (Å²) in [5, 5.41) is 0.198. The van der Waals surface area contributed by atoms with Crippen LogP contribution in [0.5, 0.6) is 0 Å². The van der Waals surface area contributed by atoms with Crippen molar-refractivity contribution in [1.29, 1.82) is 0 Å². The first kappa shape index (κ1) is 12.3. The number of nitrogens with zero attached hydrogens (tertiary/aromatic N) is 3. The number of carbonyl (C=O) groups is 1. The molecule has 6 heteroatoms. The van der Waals surface area contributed by atoms with Crippen molar-refractivity contribution >= 4 is 23.7 Å². The molecule has 2 heterocycles. The number of hydrogen-bond donors (Lipinski definition) is 0. The molecule has 0 radical (unpaired) electrons. The Labute approximate surface area is 105 Å². The lowest BCUT2D eigenvalue weighted by atomic mass is 10.1. The van der Waals surface area contributed by atoms with E-state index in [9.17, 15) is 4.79 Å². The molecule has 2 rings (SSSR count). The maximum Gasteiger partial charge on any atom is 0.156 e. The Morgan fingerprint density at radius 2 is 2.18 bits per heavy atom. The van der Waals surface area contributed by atoms with E-state index in [0.717, 1.165) is 26.1 Å². The molecule has 0 aliphatic carbocycles. The molecule has 0 bridgehead atoms. The van der Waals surface area contributed by atoms with Gasteiger partial charge in [0, 0.05) is 26.3 Å². The summed E-state index contributed by atoms with van der Waals surface area (Å²) in [6.45, 7) is 1.48. The maximum absolute atomic E-state index is 11.0. The summed E-state index contributed by atoms with van der Waals surface area (Å²) >= 11 is 5.88. The molecule has 17 heavy (non-hydrogen) atoms. The van der Waals surface area contributed by atoms with Crippen LogP contribution in [0.3, 0.4) is 0 Å². The van der Waals surface area contributed by atoms with Gasteiger partial charge in [0.15, 0.2) is 6.29 Å². The van der Waals surface area contributed by atoms with Crippen molar-refractivity contribution in [3.05, 3.63) is 17.0 Å². The summed E-state index contributed by atoms with van der Waals surface area (Å²) in [6.07, 6.45) is 3.93. The number of aromatic nitrogens is 2. The van der Waals surface area contributed by atoms with Crippen molar-refractivity contribution in [2.75, 3.05) is 25.2 Å². The van der Waals surface area contributed by atoms with Crippen LogP contribution >= 0.6 is 11.6 Å². The molecule has 0 spiro atoms. The molecule has 1 aliphatic rings. The number of hydrogen-bond acceptors (Lipinski definition) is 5. The lowest BCUT2D eigenvalue weighted by molar-refractivity contribution is 0.0853. The first-order valence-corrected chi connectivity index (χ1v) is 5.88. The van der Waals surface area contributed by atoms with Crippen molar-refractivity contribution in [1.82, 2.24) is 9.97 Å². The Morgan fingerprint density at radius 1 is 1.47 bits per heavy atom. The Hall–Kier alpha value is -1.20. The van der Waals surface area contributed by atoms with E-state index in [1.807, 2.05) is 11.9 Å². The minimum Gasteiger partial charge on any atom is -0.381 e. The summed E-state index contributed by atoms with van der Waals surface area (Å²) in [4.78, 5) is 21.0. The Bertz CT molecular complexity index is 408. The minimum absolute atomic E-state index is 0.198. The highest BCUT2D eigenvalue weighted by Crippen LogP contribution is 2.24. The van der Waals surface area contributed by atoms with Crippen molar-refractivity contribution in [3.8, 4) is 0 Å². The quantitative estimate of drug-likeness (QED) is 0.606. The molecule has 1 aromatic rings. The molecule has 92 valence electrons. The van der Waals surface area contributed by atoms with Crippen LogP contribution in [0, 0.1) is 0 Å². The van der Waals surface area contributed by atoms with Crippen LogP contribution in [0.4, 0.5) is 5.82 Å². The third-order valence-corrected chi connectivity index (χ3v) is 3.31. The number of aldehydes is 1. The van der Waals surface area contributed by atoms with Crippen LogP contribution in [-0.4, -0.2) is 42.6 Å². The van der Waals surface area contributed by atoms with Crippen LogP contribution in [0.15, 0.2) is 6.33 Å². The van der Waals surface area contributed by atoms with Crippen LogP contribution in [0.1, 0.15) is 23.2 Å². The van der Waals surface area contributed by atoms with Crippen LogP contribution in [0.2, 0.25) is 5.15 Å². The minimum atomic E-state index is 0.198. The highest BCUT2D eigenvalue weighted by Gasteiger charge is 2.22. The largest absolute Gasteiger partial charge is 0.381 e. The molecule has 5 nitrogen and oxygen atoms in total. The fraction of sp³-hybridized carbons (Fsp3) is 0.545. The fourth-order valence-electron chi connectivity index (χ4n) is 1.99. The van der Waals surface area contributed by atoms with Crippen molar-refractivity contribution < 1.29 is 9.53 Å². The Kier molecular flexibility index (Phi) is 3.91. The molecule has 0 saturated carbocycles. The normalized spacial score (nSPS) is 16.8. The van der Waals surface area contributed by atoms with Gasteiger partial charge < -0.3 is 9.64 Å². The van der Waals surface area contributed by atoms with Crippen molar-refractivity contribution in [2.24, 2.45) is 0 Å². The monoisotopic (exact) mass is 255 g/mol. The first-order valence-electron chi connectivity index (χ1n) is 5.50. The average Bonchev–Trinajstić information content (AvgIpc) is 2.38. The molecule has 1 fully saturated rings. The molecule has 0 N–H and O–H groups in total. The standard InChI is InChI=1S/C11H14ClN3O2/c1-15(8-2-4-17-5-3-8)11-9(6-16)10(12)13-7-14-11/h6-8H,2-5H2,1H3. The van der Waals surface area contributed by atoms with Crippen LogP contribution in [-0.2, 0) is 4.74 Å². The van der Waals surface area contributed by atoms with Gasteiger partial charge >= 0.3 is 0 Å². The van der Waals surface area contributed by atoms with Gasteiger partial charge in [-0.15, -0.1) is 0 Å². The number of carbonyl (C=O) groups excluding carboxylic acids is 1. The van der Waals surface area contributed by atoms with Gasteiger partial charge in [-0.05, 0) is 12.8 Å². The van der Waals surface area contributed by atoms with Crippen LogP contribution in [0.25, 0.3) is 0 Å². The molecule has 0 amide bonds. The average molecular weight is 256 g/mol. The second kappa shape index (κ2) is 5.42. The number of rotatable bonds is 3. The first-order chi connectivity index (χ1) is 8.24. The second-order valence-corrected chi connectivity index (χ2v) is 4.33. The SMILES string of the molecule is CN(c1ncnc(Cl)c1C=O)C1CCOCC1. The molecule has 1 aliphatic heterocycles. The van der Waals surface area contributed by atoms with E-state index in [1.165, 1.54) is 6.33 Å². The Balaban J connectivity index is 2.26. The molecule has 1 aromatic heterocycles. The number of ether oxygens (including phenoxy) is 1. The zero-order chi connectivity index (χ0) is 12.3. The molecule has 0 unspecified atom stereocenters. The lowest BCUT2D eigenvalue weighted by Crippen LogP contribution is -2.37. The van der Waals surface area contributed by atoms with Crippen molar-refractivity contribution in [2.45, 2.75) is 18.9 Å². The summed E-state index contributed by atoms with van der Waals surface area (Å²) in [6, 6.07) is 0.327. The number of anilines is 1. The van der Waals surface area contributed by atoms with E-state index in [1.54, 1.807) is 0 Å². The summed E-state index contributed by atoms with van der Waals surface area (Å²) in [5.74, 6) is 0.590. The summed E-state index contributed by atoms with van der Waals surface area (Å²) < 4.78 is 5.31. The second-order valence-electron chi connectivity index (χ2n) is 3.97. The molecular formula is C11H14ClN3O2. The zero-order valence-corrected chi connectivity index (χ0v) is 10.4. The van der Waals surface area contributed by atoms with Gasteiger partial charge in [-0.1, -0.05) is 11.6 Å². The van der Waals surface area contributed by atoms with Gasteiger partial charge in [0.1, 0.15) is 17.3 Å². The van der Waals surface area contributed by atoms with E-state index in [2.05, 4.69) is 9.97 Å². The molecular weight excluding hydrogens is 242 g/mol. The number of halogens is 1. The van der Waals surface area contributed by atoms with E-state index >= 15 is 0 Å². The van der Waals surface area contributed by atoms with Gasteiger partial charge in [-0.25, -0.2) is 9.97 Å². The maximum atomic E-state index is 11.0. The highest BCUT2D eigenvalue weighted by atomic mass is 35.5. The van der Waals surface area contributed by atoms with E-state index < -0.39 is 0 Å². The predicted molar refractivity (Wildman–Crippen MR) is 64.7 cm³/mol. The zero-order valence-electron chi connectivity index (χ0n) is 9.60. The highest BCUT2D eigenvalue weighted by molar-refractivity contribution is 6.32. The van der Waals surface area contributed by atoms with Gasteiger partial charge in [-0.3, -0.25) is 4.79 Å². The third-order valence-electron chi connectivity index (χ3n) is 3.00. The molecule has 0 aromatic carbocycles. The van der Waals surface area contributed by atoms with E-state index in [-0.39, 0.29) is 5.15 Å². The van der Waals surface area contributed by atoms with Crippen LogP contribution < -0.4 is 4.90 Å². The smallest absolute Gasteiger partial charge is 0.156 e. The van der Waals surface area contributed by atoms with E-state index in [4.69, 9.17) is 16.3 Å². The lowest BCUT2D eigenvalue weighted by Gasteiger charge is -2.32. The van der Waals surface area contributed by atoms with E-state index in [0.29, 0.717) is 23.7 Å². The Morgan fingerprint density at radius 3 is 2.82 bits per heavy atom. The molecule has 1 saturated heterocycles. The summed E-state index contributed by atoms with van der Waals surface area (Å²) in [7, 11) is 1.92. The molecule has 0 atom stereocenters. The summed E-state index contributed by atoms with van der Waals surface area (Å²) in [5.41, 5.74) is 0.350. The topological polar surface area (TPSA) is 55.3 Å².